The van der Waals surface area contributed by atoms with Crippen LogP contribution in [0.2, 0.25) is 0 Å². The van der Waals surface area contributed by atoms with Crippen molar-refractivity contribution in [3.05, 3.63) is 54.1 Å². The fourth-order valence-corrected chi connectivity index (χ4v) is 2.34. The molecule has 0 atom stereocenters. The molecule has 0 spiro atoms. The van der Waals surface area contributed by atoms with Gasteiger partial charge in [-0.05, 0) is 29.3 Å². The van der Waals surface area contributed by atoms with Gasteiger partial charge in [0.15, 0.2) is 12.6 Å². The first-order valence-corrected chi connectivity index (χ1v) is 7.10. The summed E-state index contributed by atoms with van der Waals surface area (Å²) in [4.78, 5) is 21.5. The topological polar surface area (TPSA) is 34.1 Å². The standard InChI is InChI=1S/C17H16BF2NO2/c1-21(7-9-22,8-10-23)18-16-6-5-14(12-17(16)20)13-3-2-4-15(19)11-13/h2-6,9-12H,7-8H2,1H3/q+1. The Hall–Kier alpha value is -2.34. The Kier molecular flexibility index (Phi) is 5.39. The molecule has 23 heavy (non-hydrogen) atoms. The van der Waals surface area contributed by atoms with Crippen molar-refractivity contribution in [2.45, 2.75) is 0 Å². The van der Waals surface area contributed by atoms with Crippen LogP contribution in [0, 0.1) is 11.6 Å². The van der Waals surface area contributed by atoms with Crippen molar-refractivity contribution in [3.8, 4) is 11.1 Å². The van der Waals surface area contributed by atoms with E-state index in [0.29, 0.717) is 23.7 Å². The molecule has 1 radical (unpaired) electrons. The maximum atomic E-state index is 14.3. The van der Waals surface area contributed by atoms with Gasteiger partial charge >= 0.3 is 7.41 Å². The normalized spacial score (nSPS) is 11.1. The highest BCUT2D eigenvalue weighted by atomic mass is 19.1. The third kappa shape index (κ3) is 4.33. The van der Waals surface area contributed by atoms with Crippen LogP contribution in [0.1, 0.15) is 0 Å². The third-order valence-electron chi connectivity index (χ3n) is 3.59. The van der Waals surface area contributed by atoms with E-state index in [0.717, 1.165) is 0 Å². The van der Waals surface area contributed by atoms with Gasteiger partial charge in [-0.1, -0.05) is 24.3 Å². The molecule has 0 amide bonds. The number of rotatable bonds is 7. The van der Waals surface area contributed by atoms with E-state index in [1.165, 1.54) is 25.6 Å². The predicted molar refractivity (Wildman–Crippen MR) is 85.2 cm³/mol. The average molecular weight is 315 g/mol. The van der Waals surface area contributed by atoms with Gasteiger partial charge in [-0.15, -0.1) is 0 Å². The Labute approximate surface area is 134 Å². The number of aldehydes is 2. The van der Waals surface area contributed by atoms with E-state index in [1.807, 2.05) is 0 Å². The highest BCUT2D eigenvalue weighted by Crippen LogP contribution is 2.20. The molecule has 0 aromatic heterocycles. The molecule has 0 aliphatic rings. The maximum Gasteiger partial charge on any atom is 0.490 e. The van der Waals surface area contributed by atoms with Crippen LogP contribution in [0.4, 0.5) is 8.78 Å². The van der Waals surface area contributed by atoms with Gasteiger partial charge < -0.3 is 4.39 Å². The summed E-state index contributed by atoms with van der Waals surface area (Å²) in [5, 5.41) is 0. The minimum atomic E-state index is -0.493. The van der Waals surface area contributed by atoms with Crippen LogP contribution >= 0.6 is 0 Å². The van der Waals surface area contributed by atoms with E-state index >= 15 is 0 Å². The summed E-state index contributed by atoms with van der Waals surface area (Å²) in [6, 6.07) is 10.5. The van der Waals surface area contributed by atoms with Crippen LogP contribution in [-0.4, -0.2) is 44.5 Å². The van der Waals surface area contributed by atoms with Crippen LogP contribution in [0.3, 0.4) is 0 Å². The molecule has 0 saturated carbocycles. The number of carbonyl (C=O) groups is 2. The van der Waals surface area contributed by atoms with E-state index in [-0.39, 0.29) is 28.8 Å². The Bertz CT molecular complexity index is 711. The number of nitrogens with zero attached hydrogens (tertiary/aromatic N) is 1. The lowest BCUT2D eigenvalue weighted by Crippen LogP contribution is -2.54. The molecule has 117 valence electrons. The number of carbonyl (C=O) groups excluding carboxylic acids is 2. The predicted octanol–water partition coefficient (Wildman–Crippen LogP) is 1.72. The lowest BCUT2D eigenvalue weighted by molar-refractivity contribution is -0.779. The first-order chi connectivity index (χ1) is 11.0. The summed E-state index contributed by atoms with van der Waals surface area (Å²) in [6.45, 7) is 0.146. The summed E-state index contributed by atoms with van der Waals surface area (Å²) in [5.74, 6) is -0.882. The fraction of sp³-hybridized carbons (Fsp3) is 0.176. The average Bonchev–Trinajstić information content (AvgIpc) is 2.50. The van der Waals surface area contributed by atoms with Crippen LogP contribution < -0.4 is 5.46 Å². The van der Waals surface area contributed by atoms with Gasteiger partial charge in [0, 0.05) is 12.5 Å². The number of benzene rings is 2. The van der Waals surface area contributed by atoms with Crippen LogP contribution in [0.5, 0.6) is 0 Å². The molecule has 0 unspecified atom stereocenters. The van der Waals surface area contributed by atoms with Gasteiger partial charge in [-0.2, -0.15) is 0 Å². The molecule has 6 heteroatoms. The van der Waals surface area contributed by atoms with E-state index in [2.05, 4.69) is 0 Å². The van der Waals surface area contributed by atoms with Crippen molar-refractivity contribution in [2.24, 2.45) is 0 Å². The van der Waals surface area contributed by atoms with Gasteiger partial charge in [0.05, 0.1) is 0 Å². The molecule has 0 saturated heterocycles. The largest absolute Gasteiger partial charge is 0.490 e. The fourth-order valence-electron chi connectivity index (χ4n) is 2.34. The first-order valence-electron chi connectivity index (χ1n) is 7.10. The summed E-state index contributed by atoms with van der Waals surface area (Å²) in [6.07, 6.45) is 1.39. The van der Waals surface area contributed by atoms with Gasteiger partial charge in [0.2, 0.25) is 0 Å². The minimum absolute atomic E-state index is 0.0107. The number of halogens is 2. The van der Waals surface area contributed by atoms with E-state index < -0.39 is 5.82 Å². The molecule has 2 aromatic rings. The zero-order chi connectivity index (χ0) is 16.9. The number of likely N-dealkylation sites (N-methyl/N-ethyl adjacent to an activating group) is 1. The molecule has 2 aromatic carbocycles. The van der Waals surface area contributed by atoms with Crippen LogP contribution in [0.25, 0.3) is 11.1 Å². The second-order valence-electron chi connectivity index (χ2n) is 5.55. The molecule has 0 aliphatic carbocycles. The summed E-state index contributed by atoms with van der Waals surface area (Å²) in [5.41, 5.74) is 1.42. The Morgan fingerprint density at radius 2 is 1.65 bits per heavy atom. The maximum absolute atomic E-state index is 14.3. The highest BCUT2D eigenvalue weighted by Gasteiger charge is 2.27. The molecule has 0 aliphatic heterocycles. The van der Waals surface area contributed by atoms with Crippen LogP contribution in [-0.2, 0) is 9.59 Å². The Balaban J connectivity index is 2.28. The van der Waals surface area contributed by atoms with E-state index in [1.54, 1.807) is 31.3 Å². The molecular weight excluding hydrogens is 299 g/mol. The van der Waals surface area contributed by atoms with Crippen molar-refractivity contribution in [1.82, 2.24) is 0 Å². The van der Waals surface area contributed by atoms with Crippen molar-refractivity contribution in [2.75, 3.05) is 20.1 Å². The molecule has 0 bridgehead atoms. The monoisotopic (exact) mass is 315 g/mol. The van der Waals surface area contributed by atoms with E-state index in [9.17, 15) is 18.4 Å². The van der Waals surface area contributed by atoms with Gasteiger partial charge in [-0.25, -0.2) is 8.78 Å². The van der Waals surface area contributed by atoms with Crippen molar-refractivity contribution >= 4 is 25.4 Å². The zero-order valence-corrected chi connectivity index (χ0v) is 12.7. The molecule has 0 N–H and O–H groups in total. The third-order valence-corrected chi connectivity index (χ3v) is 3.59. The van der Waals surface area contributed by atoms with Crippen LogP contribution in [0.15, 0.2) is 42.5 Å². The minimum Gasteiger partial charge on any atom is -0.381 e. The number of hydrogen-bond acceptors (Lipinski definition) is 2. The smallest absolute Gasteiger partial charge is 0.381 e. The summed E-state index contributed by atoms with van der Waals surface area (Å²) in [7, 11) is 3.20. The summed E-state index contributed by atoms with van der Waals surface area (Å²) >= 11 is 0. The highest BCUT2D eigenvalue weighted by molar-refractivity contribution is 6.46. The Morgan fingerprint density at radius 1 is 1.00 bits per heavy atom. The van der Waals surface area contributed by atoms with Crippen molar-refractivity contribution in [3.63, 3.8) is 0 Å². The van der Waals surface area contributed by atoms with Gasteiger partial charge in [0.1, 0.15) is 24.7 Å². The van der Waals surface area contributed by atoms with Crippen molar-refractivity contribution < 1.29 is 22.8 Å². The second kappa shape index (κ2) is 7.29. The van der Waals surface area contributed by atoms with Gasteiger partial charge in [0.25, 0.3) is 0 Å². The molecule has 0 heterocycles. The number of quaternary nitrogens is 1. The lowest BCUT2D eigenvalue weighted by atomic mass is 9.76. The second-order valence-corrected chi connectivity index (χ2v) is 5.55. The first kappa shape index (κ1) is 17.0. The molecular formula is C17H16BF2NO2+. The molecule has 2 rings (SSSR count). The van der Waals surface area contributed by atoms with Gasteiger partial charge in [-0.3, -0.25) is 9.59 Å². The SMILES string of the molecule is C[N+]([B]c1ccc(-c2cccc(F)c2)cc1F)(CC=O)CC=O. The number of hydrogen-bond donors (Lipinski definition) is 0. The van der Waals surface area contributed by atoms with E-state index in [4.69, 9.17) is 0 Å². The summed E-state index contributed by atoms with van der Waals surface area (Å²) < 4.78 is 27.6. The zero-order valence-electron chi connectivity index (χ0n) is 12.7. The van der Waals surface area contributed by atoms with Crippen molar-refractivity contribution in [1.29, 1.82) is 0 Å². The quantitative estimate of drug-likeness (QED) is 0.576. The Morgan fingerprint density at radius 3 is 2.22 bits per heavy atom. The molecule has 3 nitrogen and oxygen atoms in total. The molecule has 0 fully saturated rings. The lowest BCUT2D eigenvalue weighted by Gasteiger charge is -2.30.